The smallest absolute Gasteiger partial charge is 0.408 e. The van der Waals surface area contributed by atoms with E-state index in [0.29, 0.717) is 4.90 Å². The lowest BCUT2D eigenvalue weighted by Crippen LogP contribution is -2.52. The van der Waals surface area contributed by atoms with Gasteiger partial charge >= 0.3 is 6.09 Å². The van der Waals surface area contributed by atoms with Gasteiger partial charge in [-0.1, -0.05) is 44.2 Å². The average molecular weight is 332 g/mol. The Morgan fingerprint density at radius 1 is 1.12 bits per heavy atom. The second kappa shape index (κ2) is 7.72. The molecule has 4 amide bonds. The third kappa shape index (κ3) is 4.18. The fraction of sp³-hybridized carbons (Fsp3) is 0.412. The highest BCUT2D eigenvalue weighted by Crippen LogP contribution is 2.16. The second-order valence-corrected chi connectivity index (χ2v) is 5.89. The predicted octanol–water partition coefficient (Wildman–Crippen LogP) is 1.61. The number of imide groups is 3. The highest BCUT2D eigenvalue weighted by atomic mass is 16.5. The normalized spacial score (nSPS) is 15.5. The first-order chi connectivity index (χ1) is 11.4. The van der Waals surface area contributed by atoms with Gasteiger partial charge in [0.15, 0.2) is 0 Å². The molecule has 0 spiro atoms. The van der Waals surface area contributed by atoms with Gasteiger partial charge < -0.3 is 10.1 Å². The molecule has 1 fully saturated rings. The molecule has 1 aromatic carbocycles. The monoisotopic (exact) mass is 332 g/mol. The van der Waals surface area contributed by atoms with E-state index in [2.05, 4.69) is 5.32 Å². The van der Waals surface area contributed by atoms with Gasteiger partial charge in [0, 0.05) is 12.8 Å². The molecule has 7 heteroatoms. The number of alkyl carbamates (subject to hydrolysis) is 1. The number of hydrogen-bond donors (Lipinski definition) is 1. The van der Waals surface area contributed by atoms with Gasteiger partial charge in [-0.3, -0.25) is 14.4 Å². The Kier molecular flexibility index (Phi) is 5.68. The van der Waals surface area contributed by atoms with Gasteiger partial charge in [-0.05, 0) is 11.5 Å². The van der Waals surface area contributed by atoms with Crippen molar-refractivity contribution in [2.75, 3.05) is 0 Å². The molecule has 0 radical (unpaired) electrons. The third-order valence-corrected chi connectivity index (χ3v) is 3.69. The molecule has 1 aliphatic heterocycles. The summed E-state index contributed by atoms with van der Waals surface area (Å²) in [5.74, 6) is -2.08. The van der Waals surface area contributed by atoms with Crippen LogP contribution >= 0.6 is 0 Å². The Labute approximate surface area is 140 Å². The van der Waals surface area contributed by atoms with Crippen molar-refractivity contribution in [1.29, 1.82) is 0 Å². The SMILES string of the molecule is CC(C)[C@H](NC(=O)OCc1ccccc1)C(=O)N1C(=O)CCC1=O. The summed E-state index contributed by atoms with van der Waals surface area (Å²) in [5.41, 5.74) is 0.810. The first kappa shape index (κ1) is 17.7. The Balaban J connectivity index is 1.97. The van der Waals surface area contributed by atoms with Crippen LogP contribution in [0.3, 0.4) is 0 Å². The van der Waals surface area contributed by atoms with Crippen LogP contribution in [0.5, 0.6) is 0 Å². The van der Waals surface area contributed by atoms with Crippen LogP contribution in [0.2, 0.25) is 0 Å². The number of hydrogen-bond acceptors (Lipinski definition) is 5. The van der Waals surface area contributed by atoms with Crippen LogP contribution in [-0.2, 0) is 25.7 Å². The molecule has 1 atom stereocenters. The Morgan fingerprint density at radius 2 is 1.71 bits per heavy atom. The van der Waals surface area contributed by atoms with Crippen LogP contribution < -0.4 is 5.32 Å². The third-order valence-electron chi connectivity index (χ3n) is 3.69. The Morgan fingerprint density at radius 3 is 2.25 bits per heavy atom. The van der Waals surface area contributed by atoms with Crippen molar-refractivity contribution in [2.24, 2.45) is 5.92 Å². The van der Waals surface area contributed by atoms with Crippen LogP contribution in [0.25, 0.3) is 0 Å². The van der Waals surface area contributed by atoms with E-state index in [4.69, 9.17) is 4.74 Å². The van der Waals surface area contributed by atoms with E-state index in [-0.39, 0.29) is 25.4 Å². The molecule has 0 unspecified atom stereocenters. The number of nitrogens with one attached hydrogen (secondary N) is 1. The minimum atomic E-state index is -1.00. The molecular weight excluding hydrogens is 312 g/mol. The molecule has 1 heterocycles. The van der Waals surface area contributed by atoms with E-state index < -0.39 is 29.9 Å². The maximum atomic E-state index is 12.4. The lowest BCUT2D eigenvalue weighted by molar-refractivity contribution is -0.151. The zero-order valence-electron chi connectivity index (χ0n) is 13.7. The van der Waals surface area contributed by atoms with Crippen molar-refractivity contribution in [1.82, 2.24) is 10.2 Å². The summed E-state index contributed by atoms with van der Waals surface area (Å²) in [6.45, 7) is 3.49. The fourth-order valence-corrected chi connectivity index (χ4v) is 2.37. The number of rotatable bonds is 5. The van der Waals surface area contributed by atoms with Gasteiger partial charge in [-0.2, -0.15) is 0 Å². The molecular formula is C17H20N2O5. The Bertz CT molecular complexity index is 626. The summed E-state index contributed by atoms with van der Waals surface area (Å²) >= 11 is 0. The van der Waals surface area contributed by atoms with Crippen LogP contribution in [0, 0.1) is 5.92 Å². The highest BCUT2D eigenvalue weighted by Gasteiger charge is 2.39. The van der Waals surface area contributed by atoms with Gasteiger partial charge in [-0.15, -0.1) is 0 Å². The number of carbonyl (C=O) groups is 4. The molecule has 1 aromatic rings. The van der Waals surface area contributed by atoms with Crippen LogP contribution in [0.1, 0.15) is 32.3 Å². The van der Waals surface area contributed by atoms with Gasteiger partial charge in [0.1, 0.15) is 12.6 Å². The lowest BCUT2D eigenvalue weighted by Gasteiger charge is -2.24. The van der Waals surface area contributed by atoms with Crippen molar-refractivity contribution in [2.45, 2.75) is 39.3 Å². The van der Waals surface area contributed by atoms with E-state index in [1.165, 1.54) is 0 Å². The minimum absolute atomic E-state index is 0.0217. The average Bonchev–Trinajstić information content (AvgIpc) is 2.89. The number of carbonyl (C=O) groups excluding carboxylic acids is 4. The summed E-state index contributed by atoms with van der Waals surface area (Å²) in [5, 5.41) is 2.45. The maximum absolute atomic E-state index is 12.4. The molecule has 128 valence electrons. The Hall–Kier alpha value is -2.70. The van der Waals surface area contributed by atoms with Crippen molar-refractivity contribution in [3.8, 4) is 0 Å². The molecule has 24 heavy (non-hydrogen) atoms. The highest BCUT2D eigenvalue weighted by molar-refractivity contribution is 6.16. The number of ether oxygens (including phenoxy) is 1. The van der Waals surface area contributed by atoms with Gasteiger partial charge in [0.2, 0.25) is 11.8 Å². The van der Waals surface area contributed by atoms with Gasteiger partial charge in [0.05, 0.1) is 0 Å². The first-order valence-electron chi connectivity index (χ1n) is 7.77. The molecule has 0 aromatic heterocycles. The first-order valence-corrected chi connectivity index (χ1v) is 7.77. The summed E-state index contributed by atoms with van der Waals surface area (Å²) in [6, 6.07) is 8.10. The maximum Gasteiger partial charge on any atom is 0.408 e. The lowest BCUT2D eigenvalue weighted by atomic mass is 10.0. The number of likely N-dealkylation sites (tertiary alicyclic amines) is 1. The fourth-order valence-electron chi connectivity index (χ4n) is 2.37. The van der Waals surface area contributed by atoms with Crippen LogP contribution in [0.4, 0.5) is 4.79 Å². The number of nitrogens with zero attached hydrogens (tertiary/aromatic N) is 1. The number of benzene rings is 1. The van der Waals surface area contributed by atoms with Gasteiger partial charge in [-0.25, -0.2) is 9.69 Å². The van der Waals surface area contributed by atoms with E-state index in [9.17, 15) is 19.2 Å². The zero-order valence-corrected chi connectivity index (χ0v) is 13.7. The molecule has 0 aliphatic carbocycles. The van der Waals surface area contributed by atoms with Crippen LogP contribution in [-0.4, -0.2) is 34.8 Å². The molecule has 7 nitrogen and oxygen atoms in total. The largest absolute Gasteiger partial charge is 0.445 e. The molecule has 0 bridgehead atoms. The minimum Gasteiger partial charge on any atom is -0.445 e. The topological polar surface area (TPSA) is 92.8 Å². The van der Waals surface area contributed by atoms with Crippen molar-refractivity contribution >= 4 is 23.8 Å². The summed E-state index contributed by atoms with van der Waals surface area (Å²) < 4.78 is 5.08. The molecule has 0 saturated carbocycles. The predicted molar refractivity (Wildman–Crippen MR) is 84.5 cm³/mol. The van der Waals surface area contributed by atoms with Gasteiger partial charge in [0.25, 0.3) is 5.91 Å². The van der Waals surface area contributed by atoms with Crippen LogP contribution in [0.15, 0.2) is 30.3 Å². The van der Waals surface area contributed by atoms with Crippen molar-refractivity contribution in [3.05, 3.63) is 35.9 Å². The van der Waals surface area contributed by atoms with E-state index in [1.807, 2.05) is 18.2 Å². The zero-order chi connectivity index (χ0) is 17.7. The second-order valence-electron chi connectivity index (χ2n) is 5.89. The number of amides is 4. The molecule has 1 saturated heterocycles. The van der Waals surface area contributed by atoms with E-state index >= 15 is 0 Å². The molecule has 2 rings (SSSR count). The quantitative estimate of drug-likeness (QED) is 0.827. The standard InChI is InChI=1S/C17H20N2O5/c1-11(2)15(16(22)19-13(20)8-9-14(19)21)18-17(23)24-10-12-6-4-3-5-7-12/h3-7,11,15H,8-10H2,1-2H3,(H,18,23)/t15-/m0/s1. The van der Waals surface area contributed by atoms with E-state index in [1.54, 1.807) is 26.0 Å². The summed E-state index contributed by atoms with van der Waals surface area (Å²) in [6.07, 6.45) is -0.730. The van der Waals surface area contributed by atoms with E-state index in [0.717, 1.165) is 5.56 Å². The molecule has 1 aliphatic rings. The summed E-state index contributed by atoms with van der Waals surface area (Å²) in [4.78, 5) is 48.4. The van der Waals surface area contributed by atoms with Crippen molar-refractivity contribution < 1.29 is 23.9 Å². The van der Waals surface area contributed by atoms with Crippen molar-refractivity contribution in [3.63, 3.8) is 0 Å². The summed E-state index contributed by atoms with van der Waals surface area (Å²) in [7, 11) is 0. The molecule has 1 N–H and O–H groups in total.